The molecule has 1 fully saturated rings. The highest BCUT2D eigenvalue weighted by Gasteiger charge is 2.15. The zero-order chi connectivity index (χ0) is 19.5. The highest BCUT2D eigenvalue weighted by atomic mass is 35.5. The average Bonchev–Trinajstić information content (AvgIpc) is 3.01. The third-order valence-electron chi connectivity index (χ3n) is 5.86. The number of benzene rings is 2. The van der Waals surface area contributed by atoms with Crippen molar-refractivity contribution >= 4 is 23.5 Å². The van der Waals surface area contributed by atoms with Gasteiger partial charge in [0.2, 0.25) is 0 Å². The van der Waals surface area contributed by atoms with Crippen LogP contribution in [0.1, 0.15) is 60.5 Å². The maximum Gasteiger partial charge on any atom is 0.0630 e. The Morgan fingerprint density at radius 1 is 0.964 bits per heavy atom. The number of aromatic nitrogens is 1. The number of hydrogen-bond donors (Lipinski definition) is 0. The first-order chi connectivity index (χ1) is 13.6. The predicted octanol–water partition coefficient (Wildman–Crippen LogP) is 7.55. The number of halogens is 1. The molecule has 28 heavy (non-hydrogen) atoms. The van der Waals surface area contributed by atoms with Crippen LogP contribution in [0.25, 0.3) is 5.69 Å². The van der Waals surface area contributed by atoms with E-state index in [-0.39, 0.29) is 0 Å². The second-order valence-electron chi connectivity index (χ2n) is 7.83. The Labute approximate surface area is 172 Å². The van der Waals surface area contributed by atoms with Crippen LogP contribution in [0, 0.1) is 13.8 Å². The van der Waals surface area contributed by atoms with Crippen LogP contribution in [0.2, 0.25) is 5.02 Å². The van der Waals surface area contributed by atoms with Crippen LogP contribution in [0.5, 0.6) is 0 Å². The van der Waals surface area contributed by atoms with Crippen LogP contribution >= 0.6 is 11.6 Å². The van der Waals surface area contributed by atoms with Crippen LogP contribution in [0.15, 0.2) is 59.6 Å². The summed E-state index contributed by atoms with van der Waals surface area (Å²) in [4.78, 5) is 4.72. The van der Waals surface area contributed by atoms with E-state index in [1.807, 2.05) is 24.4 Å². The minimum Gasteiger partial charge on any atom is -0.318 e. The van der Waals surface area contributed by atoms with E-state index in [2.05, 4.69) is 54.8 Å². The molecule has 0 saturated heterocycles. The van der Waals surface area contributed by atoms with Crippen molar-refractivity contribution in [2.75, 3.05) is 0 Å². The molecule has 1 aliphatic rings. The molecule has 0 N–H and O–H groups in total. The molecular weight excluding hydrogens is 364 g/mol. The molecule has 3 heteroatoms. The molecule has 1 aromatic heterocycles. The van der Waals surface area contributed by atoms with Gasteiger partial charge in [-0.25, -0.2) is 0 Å². The van der Waals surface area contributed by atoms with Crippen LogP contribution < -0.4 is 0 Å². The molecule has 0 aliphatic heterocycles. The van der Waals surface area contributed by atoms with Crippen molar-refractivity contribution in [3.63, 3.8) is 0 Å². The first-order valence-corrected chi connectivity index (χ1v) is 10.6. The topological polar surface area (TPSA) is 17.3 Å². The molecule has 144 valence electrons. The van der Waals surface area contributed by atoms with Crippen molar-refractivity contribution in [2.45, 2.75) is 51.9 Å². The van der Waals surface area contributed by atoms with E-state index >= 15 is 0 Å². The summed E-state index contributed by atoms with van der Waals surface area (Å²) in [5.41, 5.74) is 7.04. The summed E-state index contributed by atoms with van der Waals surface area (Å²) in [5.74, 6) is 0.739. The highest BCUT2D eigenvalue weighted by molar-refractivity contribution is 6.30. The summed E-state index contributed by atoms with van der Waals surface area (Å²) in [6.07, 6.45) is 8.77. The van der Waals surface area contributed by atoms with E-state index in [4.69, 9.17) is 16.6 Å². The second-order valence-corrected chi connectivity index (χ2v) is 8.26. The number of aryl methyl sites for hydroxylation is 1. The quantitative estimate of drug-likeness (QED) is 0.409. The predicted molar refractivity (Wildman–Crippen MR) is 120 cm³/mol. The van der Waals surface area contributed by atoms with E-state index in [1.54, 1.807) is 0 Å². The zero-order valence-corrected chi connectivity index (χ0v) is 17.4. The van der Waals surface area contributed by atoms with Crippen molar-refractivity contribution in [3.8, 4) is 5.69 Å². The number of nitrogens with zero attached hydrogens (tertiary/aromatic N) is 2. The van der Waals surface area contributed by atoms with Gasteiger partial charge in [0.1, 0.15) is 0 Å². The van der Waals surface area contributed by atoms with Gasteiger partial charge in [0, 0.05) is 33.9 Å². The Hall–Kier alpha value is -2.32. The van der Waals surface area contributed by atoms with Crippen LogP contribution in [0.3, 0.4) is 0 Å². The smallest absolute Gasteiger partial charge is 0.0630 e. The summed E-state index contributed by atoms with van der Waals surface area (Å²) in [6.45, 7) is 4.24. The lowest BCUT2D eigenvalue weighted by atomic mass is 9.84. The number of rotatable bonds is 4. The van der Waals surface area contributed by atoms with Crippen molar-refractivity contribution in [2.24, 2.45) is 4.99 Å². The summed E-state index contributed by atoms with van der Waals surface area (Å²) < 4.78 is 2.22. The lowest BCUT2D eigenvalue weighted by molar-refractivity contribution is 0.443. The Morgan fingerprint density at radius 2 is 1.71 bits per heavy atom. The fourth-order valence-corrected chi connectivity index (χ4v) is 4.53. The van der Waals surface area contributed by atoms with Gasteiger partial charge in [-0.1, -0.05) is 49.1 Å². The standard InChI is InChI=1S/C25H27ClN2/c1-18-15-22(19(2)28(18)25-10-6-9-23(26)16-25)17-27-24-13-11-21(12-14-24)20-7-4-3-5-8-20/h6,9-17,20H,3-5,7-8H2,1-2H3. The SMILES string of the molecule is Cc1cc(C=Nc2ccc(C3CCCCC3)cc2)c(C)n1-c1cccc(Cl)c1. The maximum atomic E-state index is 6.18. The van der Waals surface area contributed by atoms with Gasteiger partial charge in [-0.2, -0.15) is 0 Å². The first kappa shape index (κ1) is 19.0. The van der Waals surface area contributed by atoms with Gasteiger partial charge in [-0.15, -0.1) is 0 Å². The molecule has 1 aliphatic carbocycles. The highest BCUT2D eigenvalue weighted by Crippen LogP contribution is 2.33. The second kappa shape index (κ2) is 8.36. The van der Waals surface area contributed by atoms with Crippen molar-refractivity contribution in [1.29, 1.82) is 0 Å². The third-order valence-corrected chi connectivity index (χ3v) is 6.09. The molecule has 0 unspecified atom stereocenters. The Balaban J connectivity index is 1.54. The summed E-state index contributed by atoms with van der Waals surface area (Å²) in [5, 5.41) is 0.748. The Bertz CT molecular complexity index is 976. The van der Waals surface area contributed by atoms with Crippen LogP contribution in [-0.2, 0) is 0 Å². The minimum atomic E-state index is 0.739. The number of hydrogen-bond acceptors (Lipinski definition) is 1. The maximum absolute atomic E-state index is 6.18. The molecule has 0 spiro atoms. The minimum absolute atomic E-state index is 0.739. The molecule has 0 bridgehead atoms. The molecule has 2 nitrogen and oxygen atoms in total. The van der Waals surface area contributed by atoms with Gasteiger partial charge < -0.3 is 4.57 Å². The van der Waals surface area contributed by atoms with Crippen molar-refractivity contribution in [1.82, 2.24) is 4.57 Å². The van der Waals surface area contributed by atoms with Gasteiger partial charge in [-0.05, 0) is 74.6 Å². The van der Waals surface area contributed by atoms with E-state index in [0.29, 0.717) is 0 Å². The Kier molecular flexibility index (Phi) is 5.68. The monoisotopic (exact) mass is 390 g/mol. The molecule has 3 aromatic rings. The van der Waals surface area contributed by atoms with E-state index in [0.717, 1.165) is 27.9 Å². The van der Waals surface area contributed by atoms with Gasteiger partial charge >= 0.3 is 0 Å². The van der Waals surface area contributed by atoms with Gasteiger partial charge in [0.05, 0.1) is 5.69 Å². The summed E-state index contributed by atoms with van der Waals surface area (Å²) >= 11 is 6.18. The van der Waals surface area contributed by atoms with Gasteiger partial charge in [0.15, 0.2) is 0 Å². The normalized spacial score (nSPS) is 15.4. The molecule has 1 heterocycles. The largest absolute Gasteiger partial charge is 0.318 e. The van der Waals surface area contributed by atoms with Gasteiger partial charge in [0.25, 0.3) is 0 Å². The Morgan fingerprint density at radius 3 is 2.43 bits per heavy atom. The van der Waals surface area contributed by atoms with Crippen LogP contribution in [0.4, 0.5) is 5.69 Å². The number of aliphatic imine (C=N–C) groups is 1. The molecular formula is C25H27ClN2. The third kappa shape index (κ3) is 4.07. The lowest BCUT2D eigenvalue weighted by Crippen LogP contribution is -2.03. The lowest BCUT2D eigenvalue weighted by Gasteiger charge is -2.21. The summed E-state index contributed by atoms with van der Waals surface area (Å²) in [7, 11) is 0. The molecule has 1 saturated carbocycles. The fraction of sp³-hybridized carbons (Fsp3) is 0.320. The van der Waals surface area contributed by atoms with E-state index in [9.17, 15) is 0 Å². The molecule has 0 radical (unpaired) electrons. The zero-order valence-electron chi connectivity index (χ0n) is 16.7. The van der Waals surface area contributed by atoms with Crippen molar-refractivity contribution < 1.29 is 0 Å². The van der Waals surface area contributed by atoms with Gasteiger partial charge in [-0.3, -0.25) is 4.99 Å². The van der Waals surface area contributed by atoms with E-state index in [1.165, 1.54) is 49.1 Å². The first-order valence-electron chi connectivity index (χ1n) is 10.2. The molecule has 2 aromatic carbocycles. The van der Waals surface area contributed by atoms with Crippen LogP contribution in [-0.4, -0.2) is 10.8 Å². The summed E-state index contributed by atoms with van der Waals surface area (Å²) in [6, 6.07) is 19.0. The fourth-order valence-electron chi connectivity index (χ4n) is 4.34. The van der Waals surface area contributed by atoms with E-state index < -0.39 is 0 Å². The molecule has 4 rings (SSSR count). The average molecular weight is 391 g/mol. The molecule has 0 amide bonds. The molecule has 0 atom stereocenters. The van der Waals surface area contributed by atoms with Crippen molar-refractivity contribution in [3.05, 3.63) is 82.1 Å².